The van der Waals surface area contributed by atoms with Gasteiger partial charge in [0.05, 0.1) is 0 Å². The average Bonchev–Trinajstić information content (AvgIpc) is 2.70. The predicted molar refractivity (Wildman–Crippen MR) is 65.0 cm³/mol. The highest BCUT2D eigenvalue weighted by Gasteiger charge is 1.98. The van der Waals surface area contributed by atoms with E-state index in [0.717, 1.165) is 24.9 Å². The van der Waals surface area contributed by atoms with E-state index >= 15 is 0 Å². The molecule has 0 atom stereocenters. The van der Waals surface area contributed by atoms with Gasteiger partial charge in [-0.2, -0.15) is 0 Å². The molecule has 0 aliphatic heterocycles. The predicted octanol–water partition coefficient (Wildman–Crippen LogP) is 2.54. The number of aldehydes is 1. The molecule has 1 heterocycles. The van der Waals surface area contributed by atoms with E-state index in [1.54, 1.807) is 11.3 Å². The summed E-state index contributed by atoms with van der Waals surface area (Å²) in [4.78, 5) is 11.6. The number of allylic oxidation sites excluding steroid dienone is 1. The maximum atomic E-state index is 10.3. The van der Waals surface area contributed by atoms with Crippen molar-refractivity contribution in [1.29, 1.82) is 0 Å². The van der Waals surface area contributed by atoms with Gasteiger partial charge in [0.1, 0.15) is 6.29 Å². The van der Waals surface area contributed by atoms with Crippen LogP contribution in [0.15, 0.2) is 41.9 Å². The Balaban J connectivity index is 2.19. The minimum absolute atomic E-state index is 0.617. The van der Waals surface area contributed by atoms with Gasteiger partial charge in [0.25, 0.3) is 0 Å². The van der Waals surface area contributed by atoms with Crippen LogP contribution in [0.3, 0.4) is 0 Å². The van der Waals surface area contributed by atoms with E-state index in [4.69, 9.17) is 0 Å². The molecule has 0 radical (unpaired) electrons. The Morgan fingerprint density at radius 3 is 2.93 bits per heavy atom. The number of hydrogen-bond acceptors (Lipinski definition) is 3. The molecule has 0 bridgehead atoms. The molecule has 0 aliphatic carbocycles. The molecule has 0 saturated heterocycles. The van der Waals surface area contributed by atoms with Gasteiger partial charge >= 0.3 is 0 Å². The van der Waals surface area contributed by atoms with Crippen LogP contribution in [-0.2, 0) is 11.2 Å². The number of rotatable bonds is 7. The van der Waals surface area contributed by atoms with Gasteiger partial charge in [-0.15, -0.1) is 11.3 Å². The first-order valence-electron chi connectivity index (χ1n) is 4.79. The van der Waals surface area contributed by atoms with Gasteiger partial charge in [0.2, 0.25) is 0 Å². The van der Waals surface area contributed by atoms with Crippen LogP contribution in [-0.4, -0.2) is 12.8 Å². The number of nitrogens with one attached hydrogen (secondary N) is 1. The van der Waals surface area contributed by atoms with E-state index in [1.165, 1.54) is 4.88 Å². The molecule has 15 heavy (non-hydrogen) atoms. The fourth-order valence-corrected chi connectivity index (χ4v) is 1.89. The highest BCUT2D eigenvalue weighted by Crippen LogP contribution is 2.11. The molecule has 0 aliphatic rings. The van der Waals surface area contributed by atoms with E-state index in [0.29, 0.717) is 12.0 Å². The summed E-state index contributed by atoms with van der Waals surface area (Å²) in [6, 6.07) is 4.11. The van der Waals surface area contributed by atoms with Crippen molar-refractivity contribution in [3.63, 3.8) is 0 Å². The van der Waals surface area contributed by atoms with Crippen molar-refractivity contribution in [3.8, 4) is 0 Å². The summed E-state index contributed by atoms with van der Waals surface area (Å²) in [6.45, 7) is 8.26. The van der Waals surface area contributed by atoms with Crippen LogP contribution in [0.25, 0.3) is 0 Å². The summed E-state index contributed by atoms with van der Waals surface area (Å²) in [5, 5.41) is 5.23. The lowest BCUT2D eigenvalue weighted by molar-refractivity contribution is -0.105. The fourth-order valence-electron chi connectivity index (χ4n) is 1.14. The summed E-state index contributed by atoms with van der Waals surface area (Å²) in [5.74, 6) is 0. The van der Waals surface area contributed by atoms with Crippen molar-refractivity contribution >= 4 is 17.6 Å². The standard InChI is InChI=1S/C12H15NOS/c1-10(9-14)5-6-13-11(2)8-12-4-3-7-15-12/h3-4,7,9,13H,1-2,5-6,8H2. The van der Waals surface area contributed by atoms with E-state index in [1.807, 2.05) is 6.07 Å². The Morgan fingerprint density at radius 2 is 2.33 bits per heavy atom. The van der Waals surface area contributed by atoms with Gasteiger partial charge < -0.3 is 5.32 Å². The molecular formula is C12H15NOS. The van der Waals surface area contributed by atoms with Crippen LogP contribution >= 0.6 is 11.3 Å². The molecule has 0 saturated carbocycles. The molecule has 3 heteroatoms. The van der Waals surface area contributed by atoms with E-state index in [-0.39, 0.29) is 0 Å². The maximum absolute atomic E-state index is 10.3. The Hall–Kier alpha value is -1.35. The number of carbonyl (C=O) groups is 1. The smallest absolute Gasteiger partial charge is 0.145 e. The van der Waals surface area contributed by atoms with Gasteiger partial charge in [0, 0.05) is 23.5 Å². The van der Waals surface area contributed by atoms with Crippen LogP contribution < -0.4 is 5.32 Å². The molecule has 1 rings (SSSR count). The van der Waals surface area contributed by atoms with Crippen LogP contribution in [0.2, 0.25) is 0 Å². The molecule has 0 amide bonds. The van der Waals surface area contributed by atoms with Crippen molar-refractivity contribution < 1.29 is 4.79 Å². The van der Waals surface area contributed by atoms with E-state index < -0.39 is 0 Å². The lowest BCUT2D eigenvalue weighted by Gasteiger charge is -2.07. The summed E-state index contributed by atoms with van der Waals surface area (Å²) in [5.41, 5.74) is 1.60. The normalized spacial score (nSPS) is 9.60. The zero-order valence-corrected chi connectivity index (χ0v) is 9.48. The van der Waals surface area contributed by atoms with Gasteiger partial charge in [-0.05, 0) is 23.4 Å². The van der Waals surface area contributed by atoms with Gasteiger partial charge in [-0.3, -0.25) is 4.79 Å². The number of carbonyl (C=O) groups excluding carboxylic acids is 1. The third-order valence-corrected chi connectivity index (χ3v) is 2.83. The first-order chi connectivity index (χ1) is 7.22. The molecule has 0 aromatic carbocycles. The zero-order valence-electron chi connectivity index (χ0n) is 8.66. The third-order valence-electron chi connectivity index (χ3n) is 1.96. The van der Waals surface area contributed by atoms with Crippen LogP contribution in [0.4, 0.5) is 0 Å². The molecule has 2 nitrogen and oxygen atoms in total. The van der Waals surface area contributed by atoms with Crippen molar-refractivity contribution in [2.24, 2.45) is 0 Å². The SMILES string of the molecule is C=C(C=O)CCNC(=C)Cc1cccs1. The van der Waals surface area contributed by atoms with Crippen LogP contribution in [0.5, 0.6) is 0 Å². The molecular weight excluding hydrogens is 206 g/mol. The minimum atomic E-state index is 0.617. The monoisotopic (exact) mass is 221 g/mol. The first-order valence-corrected chi connectivity index (χ1v) is 5.67. The van der Waals surface area contributed by atoms with Gasteiger partial charge in [0.15, 0.2) is 0 Å². The Kier molecular flexibility index (Phi) is 4.84. The van der Waals surface area contributed by atoms with Crippen molar-refractivity contribution in [2.75, 3.05) is 6.54 Å². The summed E-state index contributed by atoms with van der Waals surface area (Å²) < 4.78 is 0. The largest absolute Gasteiger partial charge is 0.388 e. The highest BCUT2D eigenvalue weighted by atomic mass is 32.1. The molecule has 0 spiro atoms. The molecule has 0 unspecified atom stereocenters. The molecule has 0 fully saturated rings. The summed E-state index contributed by atoms with van der Waals surface area (Å²) in [6.07, 6.45) is 2.32. The van der Waals surface area contributed by atoms with Crippen molar-refractivity contribution in [1.82, 2.24) is 5.32 Å². The fraction of sp³-hybridized carbons (Fsp3) is 0.250. The Morgan fingerprint density at radius 1 is 1.53 bits per heavy atom. The zero-order chi connectivity index (χ0) is 11.1. The van der Waals surface area contributed by atoms with Crippen molar-refractivity contribution in [2.45, 2.75) is 12.8 Å². The van der Waals surface area contributed by atoms with E-state index in [2.05, 4.69) is 29.9 Å². The third kappa shape index (κ3) is 4.61. The van der Waals surface area contributed by atoms with E-state index in [9.17, 15) is 4.79 Å². The number of hydrogen-bond donors (Lipinski definition) is 1. The maximum Gasteiger partial charge on any atom is 0.145 e. The van der Waals surface area contributed by atoms with Crippen LogP contribution in [0, 0.1) is 0 Å². The second-order valence-corrected chi connectivity index (χ2v) is 4.34. The first kappa shape index (κ1) is 11.7. The Labute approximate surface area is 94.3 Å². The highest BCUT2D eigenvalue weighted by molar-refractivity contribution is 7.09. The summed E-state index contributed by atoms with van der Waals surface area (Å²) >= 11 is 1.72. The summed E-state index contributed by atoms with van der Waals surface area (Å²) in [7, 11) is 0. The minimum Gasteiger partial charge on any atom is -0.388 e. The topological polar surface area (TPSA) is 29.1 Å². The lowest BCUT2D eigenvalue weighted by Crippen LogP contribution is -2.15. The second-order valence-electron chi connectivity index (χ2n) is 3.31. The van der Waals surface area contributed by atoms with Gasteiger partial charge in [-0.25, -0.2) is 0 Å². The van der Waals surface area contributed by atoms with Gasteiger partial charge in [-0.1, -0.05) is 19.2 Å². The average molecular weight is 221 g/mol. The molecule has 80 valence electrons. The van der Waals surface area contributed by atoms with Crippen molar-refractivity contribution in [3.05, 3.63) is 46.8 Å². The number of thiophene rings is 1. The Bertz CT molecular complexity index is 341. The second kappa shape index (κ2) is 6.19. The molecule has 1 N–H and O–H groups in total. The molecule has 1 aromatic heterocycles. The quantitative estimate of drug-likeness (QED) is 0.566. The lowest BCUT2D eigenvalue weighted by atomic mass is 10.2. The molecule has 1 aromatic rings. The van der Waals surface area contributed by atoms with Crippen LogP contribution in [0.1, 0.15) is 11.3 Å².